The van der Waals surface area contributed by atoms with Gasteiger partial charge >= 0.3 is 0 Å². The van der Waals surface area contributed by atoms with Gasteiger partial charge in [0.05, 0.1) is 12.7 Å². The summed E-state index contributed by atoms with van der Waals surface area (Å²) in [6, 6.07) is 14.5. The fourth-order valence-corrected chi connectivity index (χ4v) is 2.10. The number of Topliss-reactive ketones (excluding diaryl/α,β-unsaturated/α-hetero) is 1. The average Bonchev–Trinajstić information content (AvgIpc) is 2.95. The van der Waals surface area contributed by atoms with Gasteiger partial charge in [-0.05, 0) is 43.3 Å². The highest BCUT2D eigenvalue weighted by Gasteiger charge is 2.12. The Labute approximate surface area is 128 Å². The maximum Gasteiger partial charge on any atom is 0.203 e. The van der Waals surface area contributed by atoms with Crippen molar-refractivity contribution in [3.8, 4) is 5.75 Å². The summed E-state index contributed by atoms with van der Waals surface area (Å²) in [7, 11) is 0. The van der Waals surface area contributed by atoms with Crippen LogP contribution in [0.15, 0.2) is 65.3 Å². The molecular weight excluding hydrogens is 278 g/mol. The number of benzene rings is 2. The molecule has 2 aromatic carbocycles. The van der Waals surface area contributed by atoms with Gasteiger partial charge in [0.15, 0.2) is 11.4 Å². The van der Waals surface area contributed by atoms with Crippen molar-refractivity contribution in [1.29, 1.82) is 0 Å². The first kappa shape index (κ1) is 14.1. The van der Waals surface area contributed by atoms with E-state index < -0.39 is 0 Å². The second-order valence-electron chi connectivity index (χ2n) is 4.79. The van der Waals surface area contributed by atoms with Crippen molar-refractivity contribution >= 4 is 16.9 Å². The lowest BCUT2D eigenvalue weighted by Gasteiger charge is -2.02. The fourth-order valence-electron chi connectivity index (χ4n) is 2.10. The molecule has 0 saturated heterocycles. The number of para-hydroxylation sites is 2. The third kappa shape index (κ3) is 3.06. The molecule has 0 radical (unpaired) electrons. The maximum absolute atomic E-state index is 12.3. The van der Waals surface area contributed by atoms with Crippen molar-refractivity contribution in [3.05, 3.63) is 72.3 Å². The number of hydrogen-bond acceptors (Lipinski definition) is 4. The van der Waals surface area contributed by atoms with E-state index in [1.807, 2.05) is 31.2 Å². The first-order chi connectivity index (χ1) is 10.8. The monoisotopic (exact) mass is 293 g/mol. The minimum atomic E-state index is -0.0378. The molecule has 0 saturated carbocycles. The van der Waals surface area contributed by atoms with Gasteiger partial charge in [-0.2, -0.15) is 0 Å². The SMILES string of the molecule is C/C=C/Oc1ccc(C(=O)Cc2nc3ccccc3o2)cc1. The van der Waals surface area contributed by atoms with Crippen LogP contribution in [-0.4, -0.2) is 10.8 Å². The van der Waals surface area contributed by atoms with Gasteiger partial charge in [-0.1, -0.05) is 18.2 Å². The quantitative estimate of drug-likeness (QED) is 0.523. The van der Waals surface area contributed by atoms with Crippen LogP contribution in [-0.2, 0) is 6.42 Å². The number of carbonyl (C=O) groups excluding carboxylic acids is 1. The lowest BCUT2D eigenvalue weighted by Crippen LogP contribution is -2.03. The van der Waals surface area contributed by atoms with Crippen LogP contribution >= 0.6 is 0 Å². The van der Waals surface area contributed by atoms with Gasteiger partial charge in [-0.25, -0.2) is 4.98 Å². The Morgan fingerprint density at radius 1 is 1.18 bits per heavy atom. The molecule has 4 heteroatoms. The van der Waals surface area contributed by atoms with E-state index in [9.17, 15) is 4.79 Å². The van der Waals surface area contributed by atoms with E-state index >= 15 is 0 Å². The zero-order valence-corrected chi connectivity index (χ0v) is 12.2. The number of carbonyl (C=O) groups is 1. The van der Waals surface area contributed by atoms with Crippen LogP contribution < -0.4 is 4.74 Å². The minimum Gasteiger partial charge on any atom is -0.465 e. The summed E-state index contributed by atoms with van der Waals surface area (Å²) in [6.07, 6.45) is 3.53. The number of allylic oxidation sites excluding steroid dienone is 1. The first-order valence-corrected chi connectivity index (χ1v) is 7.02. The molecule has 110 valence electrons. The van der Waals surface area contributed by atoms with E-state index in [4.69, 9.17) is 9.15 Å². The standard InChI is InChI=1S/C18H15NO3/c1-2-11-21-14-9-7-13(8-10-14)16(20)12-18-19-15-5-3-4-6-17(15)22-18/h2-11H,12H2,1H3/b11-2+. The highest BCUT2D eigenvalue weighted by atomic mass is 16.5. The summed E-state index contributed by atoms with van der Waals surface area (Å²) in [5.74, 6) is 1.08. The Morgan fingerprint density at radius 2 is 1.95 bits per heavy atom. The smallest absolute Gasteiger partial charge is 0.203 e. The van der Waals surface area contributed by atoms with Gasteiger partial charge in [0.2, 0.25) is 5.89 Å². The van der Waals surface area contributed by atoms with Crippen LogP contribution in [0.25, 0.3) is 11.1 Å². The molecule has 1 heterocycles. The Balaban J connectivity index is 1.73. The van der Waals surface area contributed by atoms with E-state index in [2.05, 4.69) is 4.98 Å². The third-order valence-corrected chi connectivity index (χ3v) is 3.17. The Bertz CT molecular complexity index is 783. The number of rotatable bonds is 5. The van der Waals surface area contributed by atoms with E-state index in [1.54, 1.807) is 36.6 Å². The molecule has 22 heavy (non-hydrogen) atoms. The van der Waals surface area contributed by atoms with Crippen LogP contribution in [0.3, 0.4) is 0 Å². The number of hydrogen-bond donors (Lipinski definition) is 0. The molecule has 0 N–H and O–H groups in total. The zero-order chi connectivity index (χ0) is 15.4. The summed E-state index contributed by atoms with van der Waals surface area (Å²) in [5, 5.41) is 0. The second kappa shape index (κ2) is 6.26. The highest BCUT2D eigenvalue weighted by Crippen LogP contribution is 2.18. The van der Waals surface area contributed by atoms with Crippen molar-refractivity contribution in [2.45, 2.75) is 13.3 Å². The van der Waals surface area contributed by atoms with Crippen LogP contribution in [0.4, 0.5) is 0 Å². The largest absolute Gasteiger partial charge is 0.465 e. The number of ether oxygens (including phenoxy) is 1. The van der Waals surface area contributed by atoms with Crippen LogP contribution in [0.2, 0.25) is 0 Å². The van der Waals surface area contributed by atoms with E-state index in [-0.39, 0.29) is 12.2 Å². The van der Waals surface area contributed by atoms with Crippen molar-refractivity contribution in [3.63, 3.8) is 0 Å². The molecule has 1 aromatic heterocycles. The molecule has 4 nitrogen and oxygen atoms in total. The van der Waals surface area contributed by atoms with Gasteiger partial charge in [-0.3, -0.25) is 4.79 Å². The summed E-state index contributed by atoms with van der Waals surface area (Å²) in [5.41, 5.74) is 2.07. The number of fused-ring (bicyclic) bond motifs is 1. The van der Waals surface area contributed by atoms with Gasteiger partial charge in [0, 0.05) is 5.56 Å². The Morgan fingerprint density at radius 3 is 2.68 bits per heavy atom. The number of ketones is 1. The second-order valence-corrected chi connectivity index (χ2v) is 4.79. The van der Waals surface area contributed by atoms with Crippen molar-refractivity contribution < 1.29 is 13.9 Å². The first-order valence-electron chi connectivity index (χ1n) is 7.02. The topological polar surface area (TPSA) is 52.3 Å². The average molecular weight is 293 g/mol. The van der Waals surface area contributed by atoms with Crippen LogP contribution in [0.1, 0.15) is 23.2 Å². The molecule has 0 unspecified atom stereocenters. The number of oxazole rings is 1. The molecule has 0 spiro atoms. The molecular formula is C18H15NO3. The normalized spacial score (nSPS) is 11.1. The molecule has 0 amide bonds. The van der Waals surface area contributed by atoms with E-state index in [0.29, 0.717) is 22.8 Å². The van der Waals surface area contributed by atoms with Crippen LogP contribution in [0.5, 0.6) is 5.75 Å². The molecule has 0 fully saturated rings. The lowest BCUT2D eigenvalue weighted by atomic mass is 10.1. The predicted molar refractivity (Wildman–Crippen MR) is 83.9 cm³/mol. The molecule has 0 aliphatic heterocycles. The fraction of sp³-hybridized carbons (Fsp3) is 0.111. The van der Waals surface area contributed by atoms with Crippen molar-refractivity contribution in [2.75, 3.05) is 0 Å². The predicted octanol–water partition coefficient (Wildman–Crippen LogP) is 4.17. The molecule has 3 rings (SSSR count). The minimum absolute atomic E-state index is 0.0378. The number of nitrogens with zero attached hydrogens (tertiary/aromatic N) is 1. The highest BCUT2D eigenvalue weighted by molar-refractivity contribution is 5.97. The van der Waals surface area contributed by atoms with Crippen molar-refractivity contribution in [2.24, 2.45) is 0 Å². The summed E-state index contributed by atoms with van der Waals surface area (Å²) >= 11 is 0. The van der Waals surface area contributed by atoms with Crippen molar-refractivity contribution in [1.82, 2.24) is 4.98 Å². The summed E-state index contributed by atoms with van der Waals surface area (Å²) in [6.45, 7) is 1.87. The molecule has 0 aliphatic rings. The maximum atomic E-state index is 12.3. The van der Waals surface area contributed by atoms with Gasteiger partial charge < -0.3 is 9.15 Å². The Hall–Kier alpha value is -2.88. The third-order valence-electron chi connectivity index (χ3n) is 3.17. The summed E-state index contributed by atoms with van der Waals surface area (Å²) in [4.78, 5) is 16.6. The molecule has 0 bridgehead atoms. The van der Waals surface area contributed by atoms with E-state index in [0.717, 1.165) is 5.52 Å². The van der Waals surface area contributed by atoms with Gasteiger partial charge in [-0.15, -0.1) is 0 Å². The van der Waals surface area contributed by atoms with E-state index in [1.165, 1.54) is 0 Å². The lowest BCUT2D eigenvalue weighted by molar-refractivity contribution is 0.0986. The van der Waals surface area contributed by atoms with Crippen LogP contribution in [0, 0.1) is 0 Å². The summed E-state index contributed by atoms with van der Waals surface area (Å²) < 4.78 is 10.9. The molecule has 3 aromatic rings. The Kier molecular flexibility index (Phi) is 4.01. The number of aromatic nitrogens is 1. The zero-order valence-electron chi connectivity index (χ0n) is 12.2. The molecule has 0 aliphatic carbocycles. The molecule has 0 atom stereocenters. The van der Waals surface area contributed by atoms with Gasteiger partial charge in [0.25, 0.3) is 0 Å². The van der Waals surface area contributed by atoms with Gasteiger partial charge in [0.1, 0.15) is 11.3 Å².